The van der Waals surface area contributed by atoms with Gasteiger partial charge in [-0.15, -0.1) is 11.8 Å². The summed E-state index contributed by atoms with van der Waals surface area (Å²) in [6.45, 7) is 0.566. The smallest absolute Gasteiger partial charge is 0.222 e. The number of amides is 1. The molecule has 110 valence electrons. The van der Waals surface area contributed by atoms with Crippen LogP contribution in [-0.4, -0.2) is 40.9 Å². The third-order valence-corrected chi connectivity index (χ3v) is 4.82. The van der Waals surface area contributed by atoms with E-state index in [0.717, 1.165) is 25.0 Å². The lowest BCUT2D eigenvalue weighted by Gasteiger charge is -2.37. The van der Waals surface area contributed by atoms with Gasteiger partial charge in [-0.25, -0.2) is 0 Å². The lowest BCUT2D eigenvalue weighted by Crippen LogP contribution is -2.45. The van der Waals surface area contributed by atoms with Crippen LogP contribution in [0.2, 0.25) is 0 Å². The maximum atomic E-state index is 12.2. The molecule has 1 aromatic carbocycles. The normalized spacial score (nSPS) is 14.8. The second kappa shape index (κ2) is 8.32. The highest BCUT2D eigenvalue weighted by atomic mass is 32.2. The molecule has 1 aliphatic rings. The maximum Gasteiger partial charge on any atom is 0.222 e. The van der Waals surface area contributed by atoms with Crippen LogP contribution in [0.4, 0.5) is 0 Å². The van der Waals surface area contributed by atoms with Gasteiger partial charge in [0, 0.05) is 23.9 Å². The Bertz CT molecular complexity index is 406. The van der Waals surface area contributed by atoms with Gasteiger partial charge in [0.1, 0.15) is 0 Å². The number of thioether (sulfide) groups is 1. The molecule has 1 saturated carbocycles. The number of carbonyl (C=O) groups is 1. The third kappa shape index (κ3) is 4.53. The lowest BCUT2D eigenvalue weighted by atomic mass is 9.91. The summed E-state index contributed by atoms with van der Waals surface area (Å²) in [6.07, 6.45) is 4.90. The first-order valence-electron chi connectivity index (χ1n) is 7.39. The molecule has 1 amide bonds. The van der Waals surface area contributed by atoms with Crippen LogP contribution in [-0.2, 0) is 4.79 Å². The first-order valence-corrected chi connectivity index (χ1v) is 8.38. The number of nitrogens with zero attached hydrogens (tertiary/aromatic N) is 1. The summed E-state index contributed by atoms with van der Waals surface area (Å²) in [7, 11) is 0. The molecule has 0 radical (unpaired) electrons. The fourth-order valence-corrected chi connectivity index (χ4v) is 3.26. The maximum absolute atomic E-state index is 12.2. The van der Waals surface area contributed by atoms with E-state index in [9.17, 15) is 4.79 Å². The molecule has 0 saturated heterocycles. The van der Waals surface area contributed by atoms with E-state index in [2.05, 4.69) is 12.1 Å². The van der Waals surface area contributed by atoms with Crippen molar-refractivity contribution >= 4 is 17.7 Å². The van der Waals surface area contributed by atoms with Crippen molar-refractivity contribution in [3.8, 4) is 0 Å². The van der Waals surface area contributed by atoms with E-state index in [4.69, 9.17) is 5.11 Å². The highest BCUT2D eigenvalue weighted by Crippen LogP contribution is 2.25. The van der Waals surface area contributed by atoms with E-state index in [0.29, 0.717) is 19.0 Å². The van der Waals surface area contributed by atoms with E-state index in [1.54, 1.807) is 11.8 Å². The minimum atomic E-state index is 0.0704. The van der Waals surface area contributed by atoms with Gasteiger partial charge in [-0.2, -0.15) is 0 Å². The predicted molar refractivity (Wildman–Crippen MR) is 82.8 cm³/mol. The average molecular weight is 293 g/mol. The van der Waals surface area contributed by atoms with Crippen molar-refractivity contribution in [1.82, 2.24) is 4.90 Å². The second-order valence-corrected chi connectivity index (χ2v) is 6.33. The van der Waals surface area contributed by atoms with Crippen molar-refractivity contribution in [2.45, 2.75) is 43.0 Å². The van der Waals surface area contributed by atoms with Gasteiger partial charge in [0.2, 0.25) is 5.91 Å². The summed E-state index contributed by atoms with van der Waals surface area (Å²) in [6, 6.07) is 10.7. The SMILES string of the molecule is O=C(CCCSc1ccccc1)N(CCO)C1CCC1. The molecule has 0 unspecified atom stereocenters. The molecule has 1 fully saturated rings. The molecule has 4 heteroatoms. The monoisotopic (exact) mass is 293 g/mol. The number of aliphatic hydroxyl groups is 1. The second-order valence-electron chi connectivity index (χ2n) is 5.16. The van der Waals surface area contributed by atoms with Crippen LogP contribution in [0.1, 0.15) is 32.1 Å². The van der Waals surface area contributed by atoms with Gasteiger partial charge in [-0.3, -0.25) is 4.79 Å². The molecule has 1 N–H and O–H groups in total. The molecule has 0 aromatic heterocycles. The van der Waals surface area contributed by atoms with Crippen LogP contribution in [0.25, 0.3) is 0 Å². The van der Waals surface area contributed by atoms with E-state index >= 15 is 0 Å². The van der Waals surface area contributed by atoms with Gasteiger partial charge in [0.15, 0.2) is 0 Å². The van der Waals surface area contributed by atoms with Crippen molar-refractivity contribution < 1.29 is 9.90 Å². The number of rotatable bonds is 8. The Hall–Kier alpha value is -1.00. The Morgan fingerprint density at radius 2 is 2.05 bits per heavy atom. The minimum Gasteiger partial charge on any atom is -0.395 e. The van der Waals surface area contributed by atoms with Crippen molar-refractivity contribution in [2.24, 2.45) is 0 Å². The van der Waals surface area contributed by atoms with Crippen LogP contribution in [0.5, 0.6) is 0 Å². The molecule has 1 aromatic rings. The minimum absolute atomic E-state index is 0.0704. The summed E-state index contributed by atoms with van der Waals surface area (Å²) in [5.74, 6) is 1.17. The van der Waals surface area contributed by atoms with Crippen LogP contribution in [0.3, 0.4) is 0 Å². The third-order valence-electron chi connectivity index (χ3n) is 3.72. The summed E-state index contributed by atoms with van der Waals surface area (Å²) in [5.41, 5.74) is 0. The Morgan fingerprint density at radius 1 is 1.30 bits per heavy atom. The van der Waals surface area contributed by atoms with Crippen LogP contribution in [0.15, 0.2) is 35.2 Å². The van der Waals surface area contributed by atoms with Crippen LogP contribution >= 0.6 is 11.8 Å². The first-order chi connectivity index (χ1) is 9.81. The Morgan fingerprint density at radius 3 is 2.65 bits per heavy atom. The fourth-order valence-electron chi connectivity index (χ4n) is 2.39. The average Bonchev–Trinajstić information content (AvgIpc) is 2.42. The van der Waals surface area contributed by atoms with Gasteiger partial charge in [-0.1, -0.05) is 18.2 Å². The van der Waals surface area contributed by atoms with Crippen molar-refractivity contribution in [1.29, 1.82) is 0 Å². The van der Waals surface area contributed by atoms with Crippen LogP contribution in [0, 0.1) is 0 Å². The van der Waals surface area contributed by atoms with Gasteiger partial charge < -0.3 is 10.0 Å². The number of hydrogen-bond acceptors (Lipinski definition) is 3. The number of benzene rings is 1. The Kier molecular flexibility index (Phi) is 6.40. The molecule has 0 bridgehead atoms. The molecule has 0 heterocycles. The number of aliphatic hydroxyl groups excluding tert-OH is 1. The topological polar surface area (TPSA) is 40.5 Å². The fraction of sp³-hybridized carbons (Fsp3) is 0.562. The van der Waals surface area contributed by atoms with E-state index in [1.165, 1.54) is 11.3 Å². The van der Waals surface area contributed by atoms with Gasteiger partial charge in [0.05, 0.1) is 6.61 Å². The summed E-state index contributed by atoms with van der Waals surface area (Å²) in [4.78, 5) is 15.3. The van der Waals surface area contributed by atoms with Gasteiger partial charge in [0.25, 0.3) is 0 Å². The quantitative estimate of drug-likeness (QED) is 0.592. The van der Waals surface area contributed by atoms with Crippen molar-refractivity contribution in [2.75, 3.05) is 18.9 Å². The molecule has 0 aliphatic heterocycles. The first kappa shape index (κ1) is 15.4. The molecule has 20 heavy (non-hydrogen) atoms. The molecule has 1 aliphatic carbocycles. The highest BCUT2D eigenvalue weighted by molar-refractivity contribution is 7.99. The zero-order valence-corrected chi connectivity index (χ0v) is 12.6. The molecule has 0 spiro atoms. The molecule has 3 nitrogen and oxygen atoms in total. The number of carbonyl (C=O) groups excluding carboxylic acids is 1. The lowest BCUT2D eigenvalue weighted by molar-refractivity contribution is -0.135. The summed E-state index contributed by atoms with van der Waals surface area (Å²) in [5, 5.41) is 9.08. The van der Waals surface area contributed by atoms with Gasteiger partial charge in [-0.05, 0) is 43.6 Å². The Balaban J connectivity index is 1.68. The van der Waals surface area contributed by atoms with Crippen molar-refractivity contribution in [3.63, 3.8) is 0 Å². The van der Waals surface area contributed by atoms with Crippen LogP contribution < -0.4 is 0 Å². The molecular weight excluding hydrogens is 270 g/mol. The zero-order chi connectivity index (χ0) is 14.2. The standard InChI is InChI=1S/C16H23NO2S/c18-12-11-17(14-6-4-7-14)16(19)10-5-13-20-15-8-2-1-3-9-15/h1-3,8-9,14,18H,4-7,10-13H2. The number of hydrogen-bond donors (Lipinski definition) is 1. The summed E-state index contributed by atoms with van der Waals surface area (Å²) >= 11 is 1.80. The predicted octanol–water partition coefficient (Wildman–Crippen LogP) is 2.93. The van der Waals surface area contributed by atoms with E-state index < -0.39 is 0 Å². The highest BCUT2D eigenvalue weighted by Gasteiger charge is 2.27. The van der Waals surface area contributed by atoms with Crippen molar-refractivity contribution in [3.05, 3.63) is 30.3 Å². The molecular formula is C16H23NO2S. The molecule has 0 atom stereocenters. The van der Waals surface area contributed by atoms with E-state index in [-0.39, 0.29) is 12.5 Å². The van der Waals surface area contributed by atoms with E-state index in [1.807, 2.05) is 23.1 Å². The molecule has 2 rings (SSSR count). The largest absolute Gasteiger partial charge is 0.395 e. The summed E-state index contributed by atoms with van der Waals surface area (Å²) < 4.78 is 0. The zero-order valence-electron chi connectivity index (χ0n) is 11.8. The van der Waals surface area contributed by atoms with Gasteiger partial charge >= 0.3 is 0 Å². The Labute approximate surface area is 125 Å².